The SMILES string of the molecule is C=CC(=O)OC(C=C)OC(C)C#N. The van der Waals surface area contributed by atoms with Crippen LogP contribution < -0.4 is 0 Å². The van der Waals surface area contributed by atoms with Gasteiger partial charge in [-0.2, -0.15) is 5.26 Å². The third kappa shape index (κ3) is 4.77. The molecule has 0 saturated carbocycles. The van der Waals surface area contributed by atoms with E-state index in [-0.39, 0.29) is 0 Å². The molecule has 2 atom stereocenters. The molecule has 0 saturated heterocycles. The molecule has 0 N–H and O–H groups in total. The molecule has 70 valence electrons. The van der Waals surface area contributed by atoms with Gasteiger partial charge in [-0.3, -0.25) is 0 Å². The van der Waals surface area contributed by atoms with Crippen molar-refractivity contribution in [2.45, 2.75) is 19.3 Å². The minimum Gasteiger partial charge on any atom is -0.429 e. The van der Waals surface area contributed by atoms with Gasteiger partial charge in [0, 0.05) is 6.08 Å². The maximum atomic E-state index is 10.7. The Labute approximate surface area is 77.1 Å². The Morgan fingerprint density at radius 3 is 2.62 bits per heavy atom. The van der Waals surface area contributed by atoms with Gasteiger partial charge in [0.2, 0.25) is 6.29 Å². The molecule has 0 aromatic heterocycles. The predicted molar refractivity (Wildman–Crippen MR) is 46.4 cm³/mol. The van der Waals surface area contributed by atoms with Gasteiger partial charge in [-0.05, 0) is 13.0 Å². The molecule has 0 fully saturated rings. The van der Waals surface area contributed by atoms with E-state index in [1.807, 2.05) is 6.07 Å². The monoisotopic (exact) mass is 181 g/mol. The van der Waals surface area contributed by atoms with Crippen LogP contribution in [0.5, 0.6) is 0 Å². The molecule has 0 amide bonds. The van der Waals surface area contributed by atoms with Gasteiger partial charge in [0.15, 0.2) is 0 Å². The molecular formula is C9H11NO3. The van der Waals surface area contributed by atoms with Crippen molar-refractivity contribution in [1.82, 2.24) is 0 Å². The van der Waals surface area contributed by atoms with Gasteiger partial charge in [-0.15, -0.1) is 0 Å². The highest BCUT2D eigenvalue weighted by Crippen LogP contribution is 2.01. The van der Waals surface area contributed by atoms with Crippen molar-refractivity contribution in [2.24, 2.45) is 0 Å². The van der Waals surface area contributed by atoms with Gasteiger partial charge in [-0.1, -0.05) is 13.2 Å². The standard InChI is InChI=1S/C9H11NO3/c1-4-8(11)13-9(5-2)12-7(3)6-10/h4-5,7,9H,1-2H2,3H3. The van der Waals surface area contributed by atoms with E-state index < -0.39 is 18.4 Å². The molecule has 0 aliphatic carbocycles. The minimum absolute atomic E-state index is 0.616. The zero-order valence-corrected chi connectivity index (χ0v) is 7.40. The highest BCUT2D eigenvalue weighted by Gasteiger charge is 2.12. The van der Waals surface area contributed by atoms with Crippen molar-refractivity contribution >= 4 is 5.97 Å². The van der Waals surface area contributed by atoms with E-state index in [0.717, 1.165) is 6.08 Å². The summed E-state index contributed by atoms with van der Waals surface area (Å²) >= 11 is 0. The Hall–Kier alpha value is -1.60. The molecule has 0 rings (SSSR count). The number of nitrogens with zero attached hydrogens (tertiary/aromatic N) is 1. The van der Waals surface area contributed by atoms with Gasteiger partial charge >= 0.3 is 5.97 Å². The molecule has 0 bridgehead atoms. The summed E-state index contributed by atoms with van der Waals surface area (Å²) in [6.45, 7) is 8.15. The number of esters is 1. The summed E-state index contributed by atoms with van der Waals surface area (Å²) in [5.41, 5.74) is 0. The fourth-order valence-electron chi connectivity index (χ4n) is 0.526. The second-order valence-corrected chi connectivity index (χ2v) is 2.15. The van der Waals surface area contributed by atoms with Crippen molar-refractivity contribution in [3.63, 3.8) is 0 Å². The van der Waals surface area contributed by atoms with E-state index in [4.69, 9.17) is 10.00 Å². The number of hydrogen-bond donors (Lipinski definition) is 0. The summed E-state index contributed by atoms with van der Waals surface area (Å²) in [7, 11) is 0. The molecule has 0 radical (unpaired) electrons. The second-order valence-electron chi connectivity index (χ2n) is 2.15. The molecule has 13 heavy (non-hydrogen) atoms. The van der Waals surface area contributed by atoms with Crippen LogP contribution in [0.4, 0.5) is 0 Å². The van der Waals surface area contributed by atoms with Crippen LogP contribution >= 0.6 is 0 Å². The van der Waals surface area contributed by atoms with Crippen LogP contribution in [0.2, 0.25) is 0 Å². The summed E-state index contributed by atoms with van der Waals surface area (Å²) in [5, 5.41) is 8.40. The lowest BCUT2D eigenvalue weighted by atomic mass is 10.4. The zero-order chi connectivity index (χ0) is 10.3. The summed E-state index contributed by atoms with van der Waals surface area (Å²) < 4.78 is 9.62. The Kier molecular flexibility index (Phi) is 5.24. The molecule has 2 unspecified atom stereocenters. The lowest BCUT2D eigenvalue weighted by Gasteiger charge is -2.14. The number of rotatable bonds is 5. The van der Waals surface area contributed by atoms with Gasteiger partial charge in [0.05, 0.1) is 6.07 Å². The van der Waals surface area contributed by atoms with E-state index in [1.54, 1.807) is 0 Å². The van der Waals surface area contributed by atoms with Gasteiger partial charge in [0.1, 0.15) is 6.10 Å². The fourth-order valence-corrected chi connectivity index (χ4v) is 0.526. The van der Waals surface area contributed by atoms with Crippen LogP contribution in [0.15, 0.2) is 25.3 Å². The molecule has 4 nitrogen and oxygen atoms in total. The van der Waals surface area contributed by atoms with Crippen molar-refractivity contribution < 1.29 is 14.3 Å². The first-order valence-corrected chi connectivity index (χ1v) is 3.64. The van der Waals surface area contributed by atoms with Gasteiger partial charge in [0.25, 0.3) is 0 Å². The van der Waals surface area contributed by atoms with Crippen LogP contribution in [0.25, 0.3) is 0 Å². The molecule has 0 heterocycles. The molecule has 0 aliphatic rings. The van der Waals surface area contributed by atoms with Crippen LogP contribution in [0.3, 0.4) is 0 Å². The van der Waals surface area contributed by atoms with E-state index in [2.05, 4.69) is 17.9 Å². The maximum Gasteiger partial charge on any atom is 0.332 e. The van der Waals surface area contributed by atoms with Crippen LogP contribution in [0.1, 0.15) is 6.92 Å². The van der Waals surface area contributed by atoms with Gasteiger partial charge in [-0.25, -0.2) is 4.79 Å². The predicted octanol–water partition coefficient (Wildman–Crippen LogP) is 1.16. The minimum atomic E-state index is -0.903. The van der Waals surface area contributed by atoms with E-state index >= 15 is 0 Å². The average Bonchev–Trinajstić information content (AvgIpc) is 2.16. The molecule has 4 heteroatoms. The third-order valence-corrected chi connectivity index (χ3v) is 1.11. The van der Waals surface area contributed by atoms with Gasteiger partial charge < -0.3 is 9.47 Å². The second kappa shape index (κ2) is 5.98. The lowest BCUT2D eigenvalue weighted by Crippen LogP contribution is -2.22. The van der Waals surface area contributed by atoms with Crippen molar-refractivity contribution in [3.05, 3.63) is 25.3 Å². The molecule has 0 aromatic rings. The lowest BCUT2D eigenvalue weighted by molar-refractivity contribution is -0.166. The summed E-state index contributed by atoms with van der Waals surface area (Å²) in [6.07, 6.45) is 0.743. The number of hydrogen-bond acceptors (Lipinski definition) is 4. The molecule has 0 aliphatic heterocycles. The van der Waals surface area contributed by atoms with E-state index in [9.17, 15) is 4.79 Å². The third-order valence-electron chi connectivity index (χ3n) is 1.11. The summed E-state index contributed by atoms with van der Waals surface area (Å²) in [6, 6.07) is 1.83. The van der Waals surface area contributed by atoms with E-state index in [1.165, 1.54) is 13.0 Å². The summed E-state index contributed by atoms with van der Waals surface area (Å²) in [5.74, 6) is -0.616. The summed E-state index contributed by atoms with van der Waals surface area (Å²) in [4.78, 5) is 10.7. The topological polar surface area (TPSA) is 59.3 Å². The van der Waals surface area contributed by atoms with Crippen molar-refractivity contribution in [3.8, 4) is 6.07 Å². The number of carbonyl (C=O) groups excluding carboxylic acids is 1. The number of nitriles is 1. The van der Waals surface area contributed by atoms with Crippen molar-refractivity contribution in [1.29, 1.82) is 5.26 Å². The Balaban J connectivity index is 4.05. The van der Waals surface area contributed by atoms with E-state index in [0.29, 0.717) is 0 Å². The molecular weight excluding hydrogens is 170 g/mol. The zero-order valence-electron chi connectivity index (χ0n) is 7.40. The first-order valence-electron chi connectivity index (χ1n) is 3.64. The number of carbonyl (C=O) groups is 1. The molecule has 0 spiro atoms. The van der Waals surface area contributed by atoms with Crippen molar-refractivity contribution in [2.75, 3.05) is 0 Å². The highest BCUT2D eigenvalue weighted by molar-refractivity contribution is 5.81. The number of ether oxygens (including phenoxy) is 2. The Morgan fingerprint density at radius 2 is 2.23 bits per heavy atom. The van der Waals surface area contributed by atoms with Crippen LogP contribution in [0, 0.1) is 11.3 Å². The quantitative estimate of drug-likeness (QED) is 0.276. The smallest absolute Gasteiger partial charge is 0.332 e. The maximum absolute atomic E-state index is 10.7. The normalized spacial score (nSPS) is 13.5. The Morgan fingerprint density at radius 1 is 1.62 bits per heavy atom. The average molecular weight is 181 g/mol. The fraction of sp³-hybridized carbons (Fsp3) is 0.333. The Bertz CT molecular complexity index is 242. The van der Waals surface area contributed by atoms with Crippen LogP contribution in [-0.4, -0.2) is 18.4 Å². The molecule has 0 aromatic carbocycles. The first kappa shape index (κ1) is 11.4. The highest BCUT2D eigenvalue weighted by atomic mass is 16.7. The van der Waals surface area contributed by atoms with Crippen LogP contribution in [-0.2, 0) is 14.3 Å². The first-order chi connectivity index (χ1) is 6.13. The largest absolute Gasteiger partial charge is 0.429 e.